The van der Waals surface area contributed by atoms with Crippen LogP contribution < -0.4 is 5.32 Å². The van der Waals surface area contributed by atoms with Crippen molar-refractivity contribution in [2.24, 2.45) is 7.05 Å². The summed E-state index contributed by atoms with van der Waals surface area (Å²) in [5, 5.41) is 21.2. The maximum atomic E-state index is 4.40. The Labute approximate surface area is 140 Å². The summed E-state index contributed by atoms with van der Waals surface area (Å²) in [6.45, 7) is 5.12. The number of aromatic nitrogens is 6. The lowest BCUT2D eigenvalue weighted by Crippen LogP contribution is -2.27. The van der Waals surface area contributed by atoms with Gasteiger partial charge in [0.25, 0.3) is 0 Å². The second-order valence-electron chi connectivity index (χ2n) is 5.25. The first-order valence-electron chi connectivity index (χ1n) is 7.39. The molecule has 0 bridgehead atoms. The third kappa shape index (κ3) is 3.61. The Hall–Kier alpha value is -1.12. The van der Waals surface area contributed by atoms with Gasteiger partial charge in [-0.05, 0) is 32.9 Å². The second-order valence-corrected chi connectivity index (χ2v) is 6.19. The van der Waals surface area contributed by atoms with Crippen molar-refractivity contribution in [3.63, 3.8) is 0 Å². The zero-order chi connectivity index (χ0) is 14.7. The van der Waals surface area contributed by atoms with E-state index in [1.54, 1.807) is 18.1 Å². The fourth-order valence-corrected chi connectivity index (χ4v) is 3.54. The second kappa shape index (κ2) is 7.94. The highest BCUT2D eigenvalue weighted by molar-refractivity contribution is 7.98. The normalized spacial score (nSPS) is 15.7. The minimum atomic E-state index is 0. The molecule has 9 heteroatoms. The highest BCUT2D eigenvalue weighted by atomic mass is 35.5. The molecule has 0 spiro atoms. The van der Waals surface area contributed by atoms with Gasteiger partial charge in [0.2, 0.25) is 0 Å². The maximum absolute atomic E-state index is 4.40. The smallest absolute Gasteiger partial charge is 0.191 e. The number of hydrogen-bond acceptors (Lipinski definition) is 6. The Bertz CT molecular complexity index is 591. The number of rotatable bonds is 5. The molecule has 2 aromatic rings. The fourth-order valence-electron chi connectivity index (χ4n) is 2.67. The Morgan fingerprint density at radius 2 is 2.05 bits per heavy atom. The summed E-state index contributed by atoms with van der Waals surface area (Å²) in [7, 11) is 2.06. The van der Waals surface area contributed by atoms with Crippen molar-refractivity contribution in [3.8, 4) is 0 Å². The topological polar surface area (TPSA) is 73.4 Å². The molecule has 1 aliphatic rings. The van der Waals surface area contributed by atoms with Gasteiger partial charge >= 0.3 is 0 Å². The molecule has 1 N–H and O–H groups in total. The zero-order valence-electron chi connectivity index (χ0n) is 12.9. The monoisotopic (exact) mass is 343 g/mol. The van der Waals surface area contributed by atoms with Gasteiger partial charge < -0.3 is 14.5 Å². The van der Waals surface area contributed by atoms with Crippen LogP contribution in [0, 0.1) is 0 Å². The van der Waals surface area contributed by atoms with Gasteiger partial charge in [-0.1, -0.05) is 11.8 Å². The first-order chi connectivity index (χ1) is 10.3. The van der Waals surface area contributed by atoms with E-state index in [1.165, 1.54) is 0 Å². The van der Waals surface area contributed by atoms with E-state index >= 15 is 0 Å². The first-order valence-corrected chi connectivity index (χ1v) is 8.37. The van der Waals surface area contributed by atoms with E-state index < -0.39 is 0 Å². The van der Waals surface area contributed by atoms with Gasteiger partial charge in [0.15, 0.2) is 5.16 Å². The van der Waals surface area contributed by atoms with Crippen molar-refractivity contribution < 1.29 is 0 Å². The molecule has 3 heterocycles. The van der Waals surface area contributed by atoms with Crippen molar-refractivity contribution in [2.75, 3.05) is 13.1 Å². The fraction of sp³-hybridized carbons (Fsp3) is 0.692. The number of nitrogens with one attached hydrogen (secondary N) is 1. The molecule has 3 rings (SSSR count). The SMILES string of the molecule is CCn1cnnc1CSc1nnc(C2CCNCC2)n1C.Cl. The molecule has 0 atom stereocenters. The lowest BCUT2D eigenvalue weighted by molar-refractivity contribution is 0.434. The lowest BCUT2D eigenvalue weighted by atomic mass is 9.97. The molecular formula is C13H22ClN7S. The predicted molar refractivity (Wildman–Crippen MR) is 88.4 cm³/mol. The van der Waals surface area contributed by atoms with Crippen molar-refractivity contribution in [1.29, 1.82) is 0 Å². The summed E-state index contributed by atoms with van der Waals surface area (Å²) in [6.07, 6.45) is 4.05. The van der Waals surface area contributed by atoms with Crippen LogP contribution >= 0.6 is 24.2 Å². The van der Waals surface area contributed by atoms with Crippen molar-refractivity contribution in [2.45, 2.75) is 43.1 Å². The molecule has 1 saturated heterocycles. The van der Waals surface area contributed by atoms with Crippen molar-refractivity contribution in [1.82, 2.24) is 34.8 Å². The minimum absolute atomic E-state index is 0. The van der Waals surface area contributed by atoms with Gasteiger partial charge in [0.1, 0.15) is 18.0 Å². The summed E-state index contributed by atoms with van der Waals surface area (Å²) >= 11 is 1.67. The largest absolute Gasteiger partial charge is 0.317 e. The van der Waals surface area contributed by atoms with E-state index in [-0.39, 0.29) is 12.4 Å². The third-order valence-corrected chi connectivity index (χ3v) is 4.96. The van der Waals surface area contributed by atoms with E-state index in [1.807, 2.05) is 0 Å². The lowest BCUT2D eigenvalue weighted by Gasteiger charge is -2.21. The average molecular weight is 344 g/mol. The molecule has 2 aromatic heterocycles. The minimum Gasteiger partial charge on any atom is -0.317 e. The van der Waals surface area contributed by atoms with E-state index in [0.717, 1.165) is 55.0 Å². The van der Waals surface area contributed by atoms with Crippen LogP contribution in [0.5, 0.6) is 0 Å². The van der Waals surface area contributed by atoms with Crippen LogP contribution in [0.4, 0.5) is 0 Å². The van der Waals surface area contributed by atoms with Gasteiger partial charge in [0.05, 0.1) is 5.75 Å². The highest BCUT2D eigenvalue weighted by Gasteiger charge is 2.21. The Kier molecular flexibility index (Phi) is 6.22. The molecule has 122 valence electrons. The summed E-state index contributed by atoms with van der Waals surface area (Å²) in [6, 6.07) is 0. The van der Waals surface area contributed by atoms with Gasteiger partial charge in [0, 0.05) is 19.5 Å². The number of hydrogen-bond donors (Lipinski definition) is 1. The first kappa shape index (κ1) is 17.2. The zero-order valence-corrected chi connectivity index (χ0v) is 14.5. The maximum Gasteiger partial charge on any atom is 0.191 e. The van der Waals surface area contributed by atoms with Crippen LogP contribution in [0.15, 0.2) is 11.5 Å². The number of aryl methyl sites for hydroxylation is 1. The Morgan fingerprint density at radius 3 is 2.77 bits per heavy atom. The van der Waals surface area contributed by atoms with Gasteiger partial charge in [-0.15, -0.1) is 32.8 Å². The number of piperidine rings is 1. The van der Waals surface area contributed by atoms with E-state index in [4.69, 9.17) is 0 Å². The summed E-state index contributed by atoms with van der Waals surface area (Å²) in [5.74, 6) is 3.38. The number of thioether (sulfide) groups is 1. The summed E-state index contributed by atoms with van der Waals surface area (Å²) in [5.41, 5.74) is 0. The molecular weight excluding hydrogens is 322 g/mol. The Balaban J connectivity index is 0.00000176. The standard InChI is InChI=1S/C13H21N7S.ClH/c1-3-20-9-15-16-11(20)8-21-13-18-17-12(19(13)2)10-4-6-14-7-5-10;/h9-10,14H,3-8H2,1-2H3;1H. The van der Waals surface area contributed by atoms with Crippen LogP contribution in [-0.2, 0) is 19.3 Å². The molecule has 1 fully saturated rings. The molecule has 0 amide bonds. The molecule has 0 radical (unpaired) electrons. The van der Waals surface area contributed by atoms with E-state index in [9.17, 15) is 0 Å². The summed E-state index contributed by atoms with van der Waals surface area (Å²) < 4.78 is 4.18. The van der Waals surface area contributed by atoms with Crippen LogP contribution in [0.1, 0.15) is 37.3 Å². The van der Waals surface area contributed by atoms with E-state index in [2.05, 4.69) is 48.8 Å². The molecule has 7 nitrogen and oxygen atoms in total. The number of halogens is 1. The molecule has 1 aliphatic heterocycles. The Morgan fingerprint density at radius 1 is 1.27 bits per heavy atom. The van der Waals surface area contributed by atoms with E-state index in [0.29, 0.717) is 5.92 Å². The predicted octanol–water partition coefficient (Wildman–Crippen LogP) is 1.61. The molecule has 0 aromatic carbocycles. The van der Waals surface area contributed by atoms with Gasteiger partial charge in [-0.25, -0.2) is 0 Å². The average Bonchev–Trinajstić information content (AvgIpc) is 3.12. The van der Waals surface area contributed by atoms with Gasteiger partial charge in [-0.3, -0.25) is 0 Å². The van der Waals surface area contributed by atoms with Crippen molar-refractivity contribution >= 4 is 24.2 Å². The van der Waals surface area contributed by atoms with Gasteiger partial charge in [-0.2, -0.15) is 0 Å². The molecule has 0 saturated carbocycles. The van der Waals surface area contributed by atoms with Crippen LogP contribution in [-0.4, -0.2) is 42.6 Å². The molecule has 22 heavy (non-hydrogen) atoms. The molecule has 0 unspecified atom stereocenters. The molecule has 0 aliphatic carbocycles. The number of nitrogens with zero attached hydrogens (tertiary/aromatic N) is 6. The third-order valence-electron chi connectivity index (χ3n) is 3.94. The van der Waals surface area contributed by atoms with Crippen LogP contribution in [0.3, 0.4) is 0 Å². The summed E-state index contributed by atoms with van der Waals surface area (Å²) in [4.78, 5) is 0. The van der Waals surface area contributed by atoms with Crippen LogP contribution in [0.2, 0.25) is 0 Å². The van der Waals surface area contributed by atoms with Crippen LogP contribution in [0.25, 0.3) is 0 Å². The quantitative estimate of drug-likeness (QED) is 0.831. The highest BCUT2D eigenvalue weighted by Crippen LogP contribution is 2.27. The van der Waals surface area contributed by atoms with Crippen molar-refractivity contribution in [3.05, 3.63) is 18.0 Å².